The Morgan fingerprint density at radius 2 is 1.97 bits per heavy atom. The van der Waals surface area contributed by atoms with Crippen molar-refractivity contribution in [3.8, 4) is 0 Å². The lowest BCUT2D eigenvalue weighted by Gasteiger charge is -2.59. The molecule has 0 radical (unpaired) electrons. The van der Waals surface area contributed by atoms with Crippen LogP contribution in [0.2, 0.25) is 0 Å². The standard InChI is InChI=1S/C27H34O8/c1-14-16-11-25(4)23(15-7-8-33-13-15)34-21(30)12-27(14,25)35-19-10-18(28)24(2,3)17(9-20(29)32-6)26(19,5)22(16)31/h7-8,13,16-19,23,28H,1,9-12H2,2-6H3/t16-,17-,18+,19-,23-,25-,26+,27-/m0/s1. The number of carbonyl (C=O) groups excluding carboxylic acids is 3. The van der Waals surface area contributed by atoms with Gasteiger partial charge < -0.3 is 23.7 Å². The number of hydrogen-bond donors (Lipinski definition) is 1. The number of aliphatic hydroxyl groups excluding tert-OH is 1. The molecule has 1 N–H and O–H groups in total. The van der Waals surface area contributed by atoms with Gasteiger partial charge in [0.15, 0.2) is 0 Å². The van der Waals surface area contributed by atoms with Crippen molar-refractivity contribution >= 4 is 17.7 Å². The van der Waals surface area contributed by atoms with Gasteiger partial charge in [0.2, 0.25) is 0 Å². The Balaban J connectivity index is 1.66. The van der Waals surface area contributed by atoms with E-state index < -0.39 is 63.9 Å². The third kappa shape index (κ3) is 2.96. The molecule has 1 aromatic heterocycles. The maximum absolute atomic E-state index is 14.5. The fourth-order valence-corrected chi connectivity index (χ4v) is 7.69. The van der Waals surface area contributed by atoms with Crippen molar-refractivity contribution in [1.82, 2.24) is 0 Å². The highest BCUT2D eigenvalue weighted by Crippen LogP contribution is 2.70. The van der Waals surface area contributed by atoms with Crippen molar-refractivity contribution in [3.05, 3.63) is 36.3 Å². The van der Waals surface area contributed by atoms with Crippen LogP contribution in [0, 0.1) is 28.1 Å². The molecule has 0 aromatic carbocycles. The summed E-state index contributed by atoms with van der Waals surface area (Å²) < 4.78 is 23.0. The van der Waals surface area contributed by atoms with Gasteiger partial charge >= 0.3 is 11.9 Å². The fourth-order valence-electron chi connectivity index (χ4n) is 7.69. The van der Waals surface area contributed by atoms with Crippen LogP contribution in [0.15, 0.2) is 35.2 Å². The zero-order chi connectivity index (χ0) is 25.6. The lowest BCUT2D eigenvalue weighted by Crippen LogP contribution is -2.64. The quantitative estimate of drug-likeness (QED) is 0.510. The number of esters is 2. The number of rotatable bonds is 3. The summed E-state index contributed by atoms with van der Waals surface area (Å²) in [5.74, 6) is -2.05. The maximum atomic E-state index is 14.5. The van der Waals surface area contributed by atoms with Crippen molar-refractivity contribution < 1.29 is 38.1 Å². The Labute approximate surface area is 205 Å². The molecule has 0 amide bonds. The molecule has 3 heterocycles. The molecular formula is C27H34O8. The van der Waals surface area contributed by atoms with E-state index in [1.807, 2.05) is 27.7 Å². The van der Waals surface area contributed by atoms with Crippen molar-refractivity contribution in [2.24, 2.45) is 28.1 Å². The van der Waals surface area contributed by atoms with E-state index in [0.717, 1.165) is 0 Å². The second-order valence-corrected chi connectivity index (χ2v) is 11.8. The SMILES string of the molecule is C=C1[C@@H]2C[C@@]3(C)[C@H](c4ccoc4)OC(=O)C[C@]13O[C@H]1C[C@@H](O)C(C)(C)[C@H](CC(=O)OC)[C@@]1(C)C2=O. The second kappa shape index (κ2) is 7.53. The first-order chi connectivity index (χ1) is 16.3. The third-order valence-corrected chi connectivity index (χ3v) is 9.93. The molecule has 35 heavy (non-hydrogen) atoms. The zero-order valence-corrected chi connectivity index (χ0v) is 21.0. The Morgan fingerprint density at radius 3 is 2.60 bits per heavy atom. The lowest BCUT2D eigenvalue weighted by molar-refractivity contribution is -0.257. The smallest absolute Gasteiger partial charge is 0.309 e. The van der Waals surface area contributed by atoms with Crippen LogP contribution in [0.25, 0.3) is 0 Å². The molecule has 2 aliphatic heterocycles. The van der Waals surface area contributed by atoms with Crippen LogP contribution in [0.1, 0.15) is 65.0 Å². The lowest BCUT2D eigenvalue weighted by atomic mass is 9.50. The molecule has 8 nitrogen and oxygen atoms in total. The summed E-state index contributed by atoms with van der Waals surface area (Å²) in [7, 11) is 1.32. The Bertz CT molecular complexity index is 1090. The highest BCUT2D eigenvalue weighted by molar-refractivity contribution is 5.93. The molecule has 8 atom stereocenters. The van der Waals surface area contributed by atoms with E-state index in [1.54, 1.807) is 12.3 Å². The molecule has 5 rings (SSSR count). The van der Waals surface area contributed by atoms with Crippen molar-refractivity contribution in [1.29, 1.82) is 0 Å². The number of hydrogen-bond acceptors (Lipinski definition) is 8. The summed E-state index contributed by atoms with van der Waals surface area (Å²) in [4.78, 5) is 39.9. The maximum Gasteiger partial charge on any atom is 0.309 e. The van der Waals surface area contributed by atoms with Gasteiger partial charge in [0.05, 0.1) is 43.7 Å². The van der Waals surface area contributed by atoms with Gasteiger partial charge in [-0.3, -0.25) is 14.4 Å². The first kappa shape index (κ1) is 24.3. The Morgan fingerprint density at radius 1 is 1.26 bits per heavy atom. The van der Waals surface area contributed by atoms with Crippen LogP contribution < -0.4 is 0 Å². The molecule has 2 saturated carbocycles. The molecule has 2 bridgehead atoms. The molecule has 8 heteroatoms. The van der Waals surface area contributed by atoms with E-state index in [9.17, 15) is 19.5 Å². The zero-order valence-electron chi connectivity index (χ0n) is 21.0. The predicted octanol–water partition coefficient (Wildman–Crippen LogP) is 3.53. The van der Waals surface area contributed by atoms with E-state index in [0.29, 0.717) is 17.6 Å². The van der Waals surface area contributed by atoms with Crippen LogP contribution in [-0.2, 0) is 28.6 Å². The molecule has 4 aliphatic rings. The van der Waals surface area contributed by atoms with Gasteiger partial charge in [0, 0.05) is 29.7 Å². The molecule has 0 unspecified atom stereocenters. The van der Waals surface area contributed by atoms with E-state index in [1.165, 1.54) is 13.4 Å². The molecule has 2 saturated heterocycles. The Hall–Kier alpha value is -2.45. The average molecular weight is 487 g/mol. The van der Waals surface area contributed by atoms with Gasteiger partial charge in [-0.1, -0.05) is 27.4 Å². The topological polar surface area (TPSA) is 112 Å². The highest BCUT2D eigenvalue weighted by Gasteiger charge is 2.74. The Kier molecular flexibility index (Phi) is 5.22. The minimum absolute atomic E-state index is 0.0220. The second-order valence-electron chi connectivity index (χ2n) is 11.8. The van der Waals surface area contributed by atoms with Gasteiger partial charge in [-0.25, -0.2) is 0 Å². The van der Waals surface area contributed by atoms with Crippen LogP contribution in [0.3, 0.4) is 0 Å². The number of fused-ring (bicyclic) bond motifs is 2. The molecule has 1 aromatic rings. The minimum Gasteiger partial charge on any atom is -0.472 e. The van der Waals surface area contributed by atoms with Crippen molar-refractivity contribution in [2.45, 2.75) is 77.3 Å². The minimum atomic E-state index is -1.15. The molecule has 2 aliphatic carbocycles. The number of methoxy groups -OCH3 is 1. The molecule has 4 fully saturated rings. The van der Waals surface area contributed by atoms with E-state index in [2.05, 4.69) is 6.58 Å². The van der Waals surface area contributed by atoms with Gasteiger partial charge in [-0.05, 0) is 36.3 Å². The first-order valence-electron chi connectivity index (χ1n) is 12.2. The van der Waals surface area contributed by atoms with Crippen molar-refractivity contribution in [2.75, 3.05) is 7.11 Å². The summed E-state index contributed by atoms with van der Waals surface area (Å²) in [6.07, 6.45) is 1.38. The van der Waals surface area contributed by atoms with Crippen LogP contribution in [0.4, 0.5) is 0 Å². The average Bonchev–Trinajstić information content (AvgIpc) is 3.39. The summed E-state index contributed by atoms with van der Waals surface area (Å²) in [6, 6.07) is 1.76. The third-order valence-electron chi connectivity index (χ3n) is 9.93. The number of cyclic esters (lactones) is 1. The highest BCUT2D eigenvalue weighted by atomic mass is 16.6. The predicted molar refractivity (Wildman–Crippen MR) is 123 cm³/mol. The van der Waals surface area contributed by atoms with Crippen molar-refractivity contribution in [3.63, 3.8) is 0 Å². The van der Waals surface area contributed by atoms with E-state index >= 15 is 0 Å². The fraction of sp³-hybridized carbons (Fsp3) is 0.667. The van der Waals surface area contributed by atoms with Crippen LogP contribution in [-0.4, -0.2) is 47.7 Å². The summed E-state index contributed by atoms with van der Waals surface area (Å²) in [5.41, 5.74) is -2.46. The summed E-state index contributed by atoms with van der Waals surface area (Å²) in [5, 5.41) is 11.2. The monoisotopic (exact) mass is 486 g/mol. The summed E-state index contributed by atoms with van der Waals surface area (Å²) in [6.45, 7) is 11.9. The van der Waals surface area contributed by atoms with Gasteiger partial charge in [0.25, 0.3) is 0 Å². The molecule has 1 spiro atoms. The number of aliphatic hydroxyl groups is 1. The van der Waals surface area contributed by atoms with E-state index in [-0.39, 0.29) is 25.0 Å². The number of Topliss-reactive ketones (excluding diaryl/α,β-unsaturated/α-hetero) is 1. The normalized spacial score (nSPS) is 44.2. The largest absolute Gasteiger partial charge is 0.472 e. The van der Waals surface area contributed by atoms with Gasteiger partial charge in [0.1, 0.15) is 17.5 Å². The van der Waals surface area contributed by atoms with E-state index in [4.69, 9.17) is 18.6 Å². The molecule has 190 valence electrons. The van der Waals surface area contributed by atoms with Crippen LogP contribution in [0.5, 0.6) is 0 Å². The number of carbonyl (C=O) groups is 3. The molecular weight excluding hydrogens is 452 g/mol. The van der Waals surface area contributed by atoms with Gasteiger partial charge in [-0.15, -0.1) is 0 Å². The van der Waals surface area contributed by atoms with Crippen LogP contribution >= 0.6 is 0 Å². The number of ketones is 1. The first-order valence-corrected chi connectivity index (χ1v) is 12.2. The van der Waals surface area contributed by atoms with Gasteiger partial charge in [-0.2, -0.15) is 0 Å². The number of furan rings is 1. The number of ether oxygens (including phenoxy) is 3. The summed E-state index contributed by atoms with van der Waals surface area (Å²) >= 11 is 0.